The van der Waals surface area contributed by atoms with Crippen LogP contribution in [0.5, 0.6) is 0 Å². The number of piperidine rings is 1. The van der Waals surface area contributed by atoms with Gasteiger partial charge < -0.3 is 9.80 Å². The first-order chi connectivity index (χ1) is 14.6. The molecule has 2 heterocycles. The zero-order valence-corrected chi connectivity index (χ0v) is 17.4. The minimum Gasteiger partial charge on any atom is -0.340 e. The highest BCUT2D eigenvalue weighted by atomic mass is 19.1. The van der Waals surface area contributed by atoms with E-state index >= 15 is 0 Å². The van der Waals surface area contributed by atoms with Crippen LogP contribution >= 0.6 is 0 Å². The number of fused-ring (bicyclic) bond motifs is 1. The van der Waals surface area contributed by atoms with Crippen molar-refractivity contribution >= 4 is 16.7 Å². The van der Waals surface area contributed by atoms with Crippen molar-refractivity contribution in [3.63, 3.8) is 0 Å². The van der Waals surface area contributed by atoms with Crippen LogP contribution in [-0.2, 0) is 6.42 Å². The van der Waals surface area contributed by atoms with Crippen LogP contribution in [0.25, 0.3) is 10.8 Å². The summed E-state index contributed by atoms with van der Waals surface area (Å²) >= 11 is 0. The Kier molecular flexibility index (Phi) is 6.38. The second-order valence-electron chi connectivity index (χ2n) is 8.29. The first-order valence-corrected chi connectivity index (χ1v) is 10.7. The standard InChI is InChI=1S/C25H28FN3O/c1-28(25(30)24-15-21-6-2-3-7-22(21)16-27-24)17-20-5-4-13-29(18-20)14-12-19-8-10-23(26)11-9-19/h2-3,6-11,15-16,20H,4-5,12-14,17-18H2,1H3/t20-/m1/s1. The number of carbonyl (C=O) groups is 1. The number of rotatable bonds is 6. The van der Waals surface area contributed by atoms with E-state index in [1.807, 2.05) is 54.4 Å². The Balaban J connectivity index is 1.32. The highest BCUT2D eigenvalue weighted by molar-refractivity contribution is 5.96. The van der Waals surface area contributed by atoms with E-state index in [0.29, 0.717) is 11.6 Å². The summed E-state index contributed by atoms with van der Waals surface area (Å²) < 4.78 is 13.1. The number of likely N-dealkylation sites (tertiary alicyclic amines) is 1. The third-order valence-corrected chi connectivity index (χ3v) is 5.96. The predicted octanol–water partition coefficient (Wildman–Crippen LogP) is 4.40. The van der Waals surface area contributed by atoms with Gasteiger partial charge >= 0.3 is 0 Å². The molecule has 3 aromatic rings. The van der Waals surface area contributed by atoms with Crippen molar-refractivity contribution in [3.8, 4) is 0 Å². The van der Waals surface area contributed by atoms with E-state index in [1.54, 1.807) is 6.20 Å². The summed E-state index contributed by atoms with van der Waals surface area (Å²) in [6.45, 7) is 3.78. The van der Waals surface area contributed by atoms with Crippen molar-refractivity contribution in [2.75, 3.05) is 33.2 Å². The number of halogens is 1. The van der Waals surface area contributed by atoms with Gasteiger partial charge in [-0.1, -0.05) is 36.4 Å². The summed E-state index contributed by atoms with van der Waals surface area (Å²) in [4.78, 5) is 21.6. The third kappa shape index (κ3) is 5.03. The van der Waals surface area contributed by atoms with Crippen molar-refractivity contribution < 1.29 is 9.18 Å². The molecule has 1 atom stereocenters. The largest absolute Gasteiger partial charge is 0.340 e. The van der Waals surface area contributed by atoms with Crippen LogP contribution in [0.15, 0.2) is 60.8 Å². The van der Waals surface area contributed by atoms with Crippen molar-refractivity contribution in [3.05, 3.63) is 77.9 Å². The second kappa shape index (κ2) is 9.35. The van der Waals surface area contributed by atoms with E-state index in [0.717, 1.165) is 61.8 Å². The Bertz CT molecular complexity index is 1000. The molecule has 1 aromatic heterocycles. The molecular formula is C25H28FN3O. The van der Waals surface area contributed by atoms with Crippen LogP contribution in [0.3, 0.4) is 0 Å². The fourth-order valence-electron chi connectivity index (χ4n) is 4.31. The summed E-state index contributed by atoms with van der Waals surface area (Å²) in [5, 5.41) is 2.08. The maximum atomic E-state index is 13.1. The molecule has 0 radical (unpaired) electrons. The summed E-state index contributed by atoms with van der Waals surface area (Å²) in [5.41, 5.74) is 1.66. The van der Waals surface area contributed by atoms with Gasteiger partial charge in [-0.3, -0.25) is 9.78 Å². The Morgan fingerprint density at radius 1 is 1.17 bits per heavy atom. The van der Waals surface area contributed by atoms with Crippen molar-refractivity contribution in [1.29, 1.82) is 0 Å². The van der Waals surface area contributed by atoms with Gasteiger partial charge in [-0.05, 0) is 60.9 Å². The molecule has 4 nitrogen and oxygen atoms in total. The normalized spacial score (nSPS) is 17.2. The van der Waals surface area contributed by atoms with Gasteiger partial charge in [0.1, 0.15) is 11.5 Å². The molecule has 30 heavy (non-hydrogen) atoms. The van der Waals surface area contributed by atoms with Gasteiger partial charge in [0.25, 0.3) is 5.91 Å². The number of aromatic nitrogens is 1. The van der Waals surface area contributed by atoms with Gasteiger partial charge in [-0.25, -0.2) is 4.39 Å². The summed E-state index contributed by atoms with van der Waals surface area (Å²) in [5.74, 6) is 0.246. The van der Waals surface area contributed by atoms with Crippen molar-refractivity contribution in [1.82, 2.24) is 14.8 Å². The van der Waals surface area contributed by atoms with Crippen LogP contribution < -0.4 is 0 Å². The minimum atomic E-state index is -0.189. The fourth-order valence-corrected chi connectivity index (χ4v) is 4.31. The molecule has 0 bridgehead atoms. The molecule has 4 rings (SSSR count). The highest BCUT2D eigenvalue weighted by Crippen LogP contribution is 2.19. The lowest BCUT2D eigenvalue weighted by Gasteiger charge is -2.34. The van der Waals surface area contributed by atoms with Gasteiger partial charge in [-0.15, -0.1) is 0 Å². The van der Waals surface area contributed by atoms with E-state index in [2.05, 4.69) is 9.88 Å². The van der Waals surface area contributed by atoms with Crippen molar-refractivity contribution in [2.45, 2.75) is 19.3 Å². The number of hydrogen-bond acceptors (Lipinski definition) is 3. The number of nitrogens with zero attached hydrogens (tertiary/aromatic N) is 3. The Morgan fingerprint density at radius 3 is 2.73 bits per heavy atom. The molecule has 1 aliphatic heterocycles. The Hall–Kier alpha value is -2.79. The first-order valence-electron chi connectivity index (χ1n) is 10.7. The lowest BCUT2D eigenvalue weighted by molar-refractivity contribution is 0.0725. The lowest BCUT2D eigenvalue weighted by atomic mass is 9.97. The smallest absolute Gasteiger partial charge is 0.272 e. The first kappa shape index (κ1) is 20.5. The van der Waals surface area contributed by atoms with Gasteiger partial charge in [0, 0.05) is 38.3 Å². The van der Waals surface area contributed by atoms with Gasteiger partial charge in [-0.2, -0.15) is 0 Å². The number of benzene rings is 2. The minimum absolute atomic E-state index is 0.0239. The van der Waals surface area contributed by atoms with E-state index in [1.165, 1.54) is 12.1 Å². The van der Waals surface area contributed by atoms with Crippen LogP contribution in [0.1, 0.15) is 28.9 Å². The Morgan fingerprint density at radius 2 is 1.93 bits per heavy atom. The molecule has 2 aromatic carbocycles. The summed E-state index contributed by atoms with van der Waals surface area (Å²) in [7, 11) is 1.87. The maximum absolute atomic E-state index is 13.1. The van der Waals surface area contributed by atoms with Crippen molar-refractivity contribution in [2.24, 2.45) is 5.92 Å². The lowest BCUT2D eigenvalue weighted by Crippen LogP contribution is -2.42. The molecule has 0 saturated carbocycles. The second-order valence-corrected chi connectivity index (χ2v) is 8.29. The quantitative estimate of drug-likeness (QED) is 0.610. The molecule has 1 saturated heterocycles. The molecule has 1 fully saturated rings. The highest BCUT2D eigenvalue weighted by Gasteiger charge is 2.23. The average Bonchev–Trinajstić information content (AvgIpc) is 2.78. The zero-order chi connectivity index (χ0) is 20.9. The molecule has 0 N–H and O–H groups in total. The fraction of sp³-hybridized carbons (Fsp3) is 0.360. The van der Waals surface area contributed by atoms with E-state index in [-0.39, 0.29) is 11.7 Å². The van der Waals surface area contributed by atoms with E-state index in [9.17, 15) is 9.18 Å². The van der Waals surface area contributed by atoms with Gasteiger partial charge in [0.2, 0.25) is 0 Å². The van der Waals surface area contributed by atoms with Crippen LogP contribution in [0.2, 0.25) is 0 Å². The zero-order valence-electron chi connectivity index (χ0n) is 17.4. The molecule has 0 aliphatic carbocycles. The number of carbonyl (C=O) groups excluding carboxylic acids is 1. The molecule has 0 spiro atoms. The monoisotopic (exact) mass is 405 g/mol. The molecule has 156 valence electrons. The van der Waals surface area contributed by atoms with Crippen LogP contribution in [-0.4, -0.2) is 53.9 Å². The molecular weight excluding hydrogens is 377 g/mol. The molecule has 1 amide bonds. The predicted molar refractivity (Wildman–Crippen MR) is 118 cm³/mol. The SMILES string of the molecule is CN(C[C@H]1CCCN(CCc2ccc(F)cc2)C1)C(=O)c1cc2ccccc2cn1. The summed E-state index contributed by atoms with van der Waals surface area (Å²) in [6, 6.07) is 16.6. The average molecular weight is 406 g/mol. The van der Waals surface area contributed by atoms with E-state index < -0.39 is 0 Å². The van der Waals surface area contributed by atoms with Crippen LogP contribution in [0.4, 0.5) is 4.39 Å². The molecule has 5 heteroatoms. The molecule has 1 aliphatic rings. The van der Waals surface area contributed by atoms with Crippen LogP contribution in [0, 0.1) is 11.7 Å². The summed E-state index contributed by atoms with van der Waals surface area (Å²) in [6.07, 6.45) is 4.97. The van der Waals surface area contributed by atoms with Gasteiger partial charge in [0.05, 0.1) is 0 Å². The molecule has 0 unspecified atom stereocenters. The number of pyridine rings is 1. The topological polar surface area (TPSA) is 36.4 Å². The third-order valence-electron chi connectivity index (χ3n) is 5.96. The number of amides is 1. The Labute approximate surface area is 177 Å². The number of hydrogen-bond donors (Lipinski definition) is 0. The maximum Gasteiger partial charge on any atom is 0.272 e. The van der Waals surface area contributed by atoms with E-state index in [4.69, 9.17) is 0 Å². The van der Waals surface area contributed by atoms with Gasteiger partial charge in [0.15, 0.2) is 0 Å².